The maximum absolute atomic E-state index is 11.5. The molecule has 0 amide bonds. The quantitative estimate of drug-likeness (QED) is 0.628. The van der Waals surface area contributed by atoms with E-state index in [2.05, 4.69) is 0 Å². The molecule has 0 unspecified atom stereocenters. The van der Waals surface area contributed by atoms with Crippen molar-refractivity contribution in [2.24, 2.45) is 0 Å². The van der Waals surface area contributed by atoms with Gasteiger partial charge >= 0.3 is 11.6 Å². The molecule has 0 bridgehead atoms. The molecule has 0 aliphatic heterocycles. The average Bonchev–Trinajstić information content (AvgIpc) is 2.30. The Morgan fingerprint density at radius 1 is 1.41 bits per heavy atom. The number of esters is 1. The average molecular weight is 233 g/mol. The van der Waals surface area contributed by atoms with Crippen molar-refractivity contribution in [1.29, 1.82) is 0 Å². The van der Waals surface area contributed by atoms with Gasteiger partial charge < -0.3 is 14.9 Å². The molecule has 1 aromatic carbocycles. The van der Waals surface area contributed by atoms with Crippen molar-refractivity contribution in [3.63, 3.8) is 0 Å². The van der Waals surface area contributed by atoms with Gasteiger partial charge in [-0.1, -0.05) is 6.07 Å². The van der Waals surface area contributed by atoms with Crippen LogP contribution in [0.2, 0.25) is 0 Å². The van der Waals surface area contributed by atoms with Gasteiger partial charge in [-0.05, 0) is 25.1 Å². The van der Waals surface area contributed by atoms with Crippen molar-refractivity contribution in [3.05, 3.63) is 40.2 Å². The number of rotatable bonds is 2. The van der Waals surface area contributed by atoms with E-state index in [1.165, 1.54) is 12.1 Å². The Bertz CT molecular complexity index is 630. The first kappa shape index (κ1) is 11.2. The fourth-order valence-electron chi connectivity index (χ4n) is 1.47. The molecule has 0 saturated carbocycles. The molecule has 0 atom stereocenters. The maximum atomic E-state index is 11.5. The van der Waals surface area contributed by atoms with Gasteiger partial charge in [0.15, 0.2) is 0 Å². The normalized spacial score (nSPS) is 10.4. The summed E-state index contributed by atoms with van der Waals surface area (Å²) in [5, 5.41) is 0.662. The molecule has 17 heavy (non-hydrogen) atoms. The number of benzene rings is 1. The maximum Gasteiger partial charge on any atom is 0.359 e. The number of nitrogens with two attached hydrogens (primary N) is 1. The van der Waals surface area contributed by atoms with Crippen LogP contribution in [0.3, 0.4) is 0 Å². The zero-order chi connectivity index (χ0) is 12.4. The Hall–Kier alpha value is -2.30. The third-order valence-corrected chi connectivity index (χ3v) is 2.27. The molecular weight excluding hydrogens is 222 g/mol. The Morgan fingerprint density at radius 3 is 2.88 bits per heavy atom. The fraction of sp³-hybridized carbons (Fsp3) is 0.167. The second kappa shape index (κ2) is 4.29. The summed E-state index contributed by atoms with van der Waals surface area (Å²) in [7, 11) is 0. The highest BCUT2D eigenvalue weighted by atomic mass is 16.5. The van der Waals surface area contributed by atoms with E-state index in [1.807, 2.05) is 0 Å². The number of hydrogen-bond donors (Lipinski definition) is 1. The lowest BCUT2D eigenvalue weighted by Crippen LogP contribution is -2.07. The fourth-order valence-corrected chi connectivity index (χ4v) is 1.47. The molecular formula is C12H11NO4. The predicted molar refractivity (Wildman–Crippen MR) is 62.9 cm³/mol. The summed E-state index contributed by atoms with van der Waals surface area (Å²) in [6.45, 7) is 2.02. The number of hydrogen-bond acceptors (Lipinski definition) is 5. The molecule has 0 radical (unpaired) electrons. The largest absolute Gasteiger partial charge is 0.462 e. The van der Waals surface area contributed by atoms with Crippen LogP contribution in [0.1, 0.15) is 17.3 Å². The summed E-state index contributed by atoms with van der Waals surface area (Å²) >= 11 is 0. The first-order valence-electron chi connectivity index (χ1n) is 5.12. The third-order valence-electron chi connectivity index (χ3n) is 2.27. The molecule has 5 heteroatoms. The number of anilines is 1. The van der Waals surface area contributed by atoms with Crippen molar-refractivity contribution in [1.82, 2.24) is 0 Å². The summed E-state index contributed by atoms with van der Waals surface area (Å²) in [6.07, 6.45) is 0. The zero-order valence-electron chi connectivity index (χ0n) is 9.23. The third kappa shape index (κ3) is 2.13. The molecule has 2 aromatic rings. The van der Waals surface area contributed by atoms with E-state index in [9.17, 15) is 9.59 Å². The predicted octanol–water partition coefficient (Wildman–Crippen LogP) is 1.55. The van der Waals surface area contributed by atoms with E-state index < -0.39 is 11.6 Å². The summed E-state index contributed by atoms with van der Waals surface area (Å²) in [4.78, 5) is 22.7. The van der Waals surface area contributed by atoms with E-state index in [0.717, 1.165) is 0 Å². The summed E-state index contributed by atoms with van der Waals surface area (Å²) in [5.74, 6) is -0.450. The standard InChI is InChI=1S/C12H11NO4/c1-2-16-11(14)8-4-3-7-5-9(13)12(15)17-10(7)6-8/h3-6H,2,13H2,1H3. The first-order chi connectivity index (χ1) is 8.11. The molecule has 2 rings (SSSR count). The lowest BCUT2D eigenvalue weighted by molar-refractivity contribution is 0.0526. The molecule has 88 valence electrons. The minimum atomic E-state index is -0.612. The highest BCUT2D eigenvalue weighted by molar-refractivity contribution is 5.94. The van der Waals surface area contributed by atoms with E-state index in [4.69, 9.17) is 14.9 Å². The Balaban J connectivity index is 2.54. The SMILES string of the molecule is CCOC(=O)c1ccc2cc(N)c(=O)oc2c1. The number of fused-ring (bicyclic) bond motifs is 1. The van der Waals surface area contributed by atoms with Crippen LogP contribution in [0.25, 0.3) is 11.0 Å². The minimum absolute atomic E-state index is 0.0429. The van der Waals surface area contributed by atoms with Gasteiger partial charge in [-0.3, -0.25) is 0 Å². The van der Waals surface area contributed by atoms with Crippen LogP contribution in [0.4, 0.5) is 5.69 Å². The summed E-state index contributed by atoms with van der Waals surface area (Å²) in [5.41, 5.74) is 5.52. The van der Waals surface area contributed by atoms with Gasteiger partial charge in [0.1, 0.15) is 11.3 Å². The van der Waals surface area contributed by atoms with Gasteiger partial charge in [-0.2, -0.15) is 0 Å². The van der Waals surface area contributed by atoms with Gasteiger partial charge in [0, 0.05) is 5.39 Å². The molecule has 2 N–H and O–H groups in total. The van der Waals surface area contributed by atoms with Gasteiger partial charge in [-0.15, -0.1) is 0 Å². The van der Waals surface area contributed by atoms with Crippen LogP contribution in [-0.2, 0) is 4.74 Å². The van der Waals surface area contributed by atoms with E-state index >= 15 is 0 Å². The van der Waals surface area contributed by atoms with Gasteiger partial charge in [0.05, 0.1) is 12.2 Å². The van der Waals surface area contributed by atoms with Gasteiger partial charge in [0.2, 0.25) is 0 Å². The molecule has 0 fully saturated rings. The molecule has 0 aliphatic carbocycles. The van der Waals surface area contributed by atoms with E-state index in [-0.39, 0.29) is 5.69 Å². The minimum Gasteiger partial charge on any atom is -0.462 e. The number of ether oxygens (including phenoxy) is 1. The smallest absolute Gasteiger partial charge is 0.359 e. The van der Waals surface area contributed by atoms with Crippen LogP contribution in [-0.4, -0.2) is 12.6 Å². The van der Waals surface area contributed by atoms with Crippen molar-refractivity contribution in [2.75, 3.05) is 12.3 Å². The Labute approximate surface area is 96.8 Å². The molecule has 5 nitrogen and oxygen atoms in total. The molecule has 0 spiro atoms. The Morgan fingerprint density at radius 2 is 2.18 bits per heavy atom. The number of nitrogen functional groups attached to an aromatic ring is 1. The second-order valence-corrected chi connectivity index (χ2v) is 3.46. The molecule has 0 aliphatic rings. The van der Waals surface area contributed by atoms with Gasteiger partial charge in [-0.25, -0.2) is 9.59 Å². The van der Waals surface area contributed by atoms with Crippen molar-refractivity contribution >= 4 is 22.6 Å². The molecule has 1 heterocycles. The van der Waals surface area contributed by atoms with Crippen LogP contribution >= 0.6 is 0 Å². The van der Waals surface area contributed by atoms with Crippen LogP contribution in [0, 0.1) is 0 Å². The number of carbonyl (C=O) groups is 1. The second-order valence-electron chi connectivity index (χ2n) is 3.46. The van der Waals surface area contributed by atoms with Crippen LogP contribution in [0.5, 0.6) is 0 Å². The molecule has 1 aromatic heterocycles. The van der Waals surface area contributed by atoms with E-state index in [1.54, 1.807) is 19.1 Å². The van der Waals surface area contributed by atoms with Crippen molar-refractivity contribution in [2.45, 2.75) is 6.92 Å². The van der Waals surface area contributed by atoms with Crippen LogP contribution < -0.4 is 11.4 Å². The monoisotopic (exact) mass is 233 g/mol. The van der Waals surface area contributed by atoms with E-state index in [0.29, 0.717) is 23.1 Å². The lowest BCUT2D eigenvalue weighted by atomic mass is 10.1. The summed E-state index contributed by atoms with van der Waals surface area (Å²) in [6, 6.07) is 6.23. The molecule has 0 saturated heterocycles. The zero-order valence-corrected chi connectivity index (χ0v) is 9.23. The Kier molecular flexibility index (Phi) is 2.82. The van der Waals surface area contributed by atoms with Crippen molar-refractivity contribution in [3.8, 4) is 0 Å². The lowest BCUT2D eigenvalue weighted by Gasteiger charge is -2.03. The highest BCUT2D eigenvalue weighted by Gasteiger charge is 2.09. The van der Waals surface area contributed by atoms with Gasteiger partial charge in [0.25, 0.3) is 0 Å². The highest BCUT2D eigenvalue weighted by Crippen LogP contribution is 2.16. The first-order valence-corrected chi connectivity index (χ1v) is 5.12. The summed E-state index contributed by atoms with van der Waals surface area (Å²) < 4.78 is 9.82. The van der Waals surface area contributed by atoms with Crippen molar-refractivity contribution < 1.29 is 13.9 Å². The number of carbonyl (C=O) groups excluding carboxylic acids is 1. The topological polar surface area (TPSA) is 82.5 Å². The van der Waals surface area contributed by atoms with Crippen LogP contribution in [0.15, 0.2) is 33.5 Å².